The molecule has 1 rings (SSSR count). The van der Waals surface area contributed by atoms with Crippen molar-refractivity contribution in [3.05, 3.63) is 17.7 Å². The van der Waals surface area contributed by atoms with E-state index in [2.05, 4.69) is 0 Å². The number of carboxylic acids is 1. The van der Waals surface area contributed by atoms with E-state index in [0.29, 0.717) is 43.5 Å². The molecule has 0 bridgehead atoms. The summed E-state index contributed by atoms with van der Waals surface area (Å²) in [4.78, 5) is 11.1. The van der Waals surface area contributed by atoms with Gasteiger partial charge in [0.2, 0.25) is 0 Å². The number of hydrogen-bond donors (Lipinski definition) is 2. The number of hydrogen-bond acceptors (Lipinski definition) is 5. The number of carbonyl (C=O) groups is 1. The van der Waals surface area contributed by atoms with Gasteiger partial charge in [-0.2, -0.15) is 0 Å². The minimum absolute atomic E-state index is 0.0742. The molecule has 0 saturated carbocycles. The van der Waals surface area contributed by atoms with Crippen LogP contribution in [0.25, 0.3) is 0 Å². The summed E-state index contributed by atoms with van der Waals surface area (Å²) in [5.41, 5.74) is 6.61. The van der Waals surface area contributed by atoms with Crippen molar-refractivity contribution < 1.29 is 24.1 Å². The molecular weight excluding hydrogens is 310 g/mol. The van der Waals surface area contributed by atoms with E-state index in [1.165, 1.54) is 0 Å². The Morgan fingerprint density at radius 2 is 1.54 bits per heavy atom. The SMILES string of the molecule is CCOc1cc(OCC)c(C(CC)CC(N)C(=O)O)c(OCC)c1. The highest BCUT2D eigenvalue weighted by molar-refractivity contribution is 5.73. The van der Waals surface area contributed by atoms with Crippen molar-refractivity contribution in [1.29, 1.82) is 0 Å². The van der Waals surface area contributed by atoms with Crippen LogP contribution in [0.1, 0.15) is 52.0 Å². The van der Waals surface area contributed by atoms with Gasteiger partial charge in [-0.3, -0.25) is 4.79 Å². The number of ether oxygens (including phenoxy) is 3. The zero-order chi connectivity index (χ0) is 18.1. The van der Waals surface area contributed by atoms with Gasteiger partial charge in [-0.05, 0) is 39.5 Å². The van der Waals surface area contributed by atoms with E-state index in [4.69, 9.17) is 25.1 Å². The normalized spacial score (nSPS) is 13.2. The Balaban J connectivity index is 3.35. The molecule has 0 heterocycles. The molecule has 2 unspecified atom stereocenters. The van der Waals surface area contributed by atoms with Gasteiger partial charge in [-0.25, -0.2) is 0 Å². The topological polar surface area (TPSA) is 91.0 Å². The fourth-order valence-electron chi connectivity index (χ4n) is 2.68. The predicted octanol–water partition coefficient (Wildman–Crippen LogP) is 3.18. The number of nitrogens with two attached hydrogens (primary N) is 1. The summed E-state index contributed by atoms with van der Waals surface area (Å²) in [5.74, 6) is 0.920. The van der Waals surface area contributed by atoms with Crippen LogP contribution in [-0.4, -0.2) is 36.9 Å². The standard InChI is InChI=1S/C18H29NO5/c1-5-12(9-14(19)18(20)21)17-15(23-7-3)10-13(22-6-2)11-16(17)24-8-4/h10-12,14H,5-9,19H2,1-4H3,(H,20,21). The highest BCUT2D eigenvalue weighted by Gasteiger charge is 2.26. The number of benzene rings is 1. The first-order valence-corrected chi connectivity index (χ1v) is 8.52. The average molecular weight is 339 g/mol. The average Bonchev–Trinajstić information content (AvgIpc) is 2.54. The lowest BCUT2D eigenvalue weighted by molar-refractivity contribution is -0.138. The highest BCUT2D eigenvalue weighted by Crippen LogP contribution is 2.42. The van der Waals surface area contributed by atoms with E-state index < -0.39 is 12.0 Å². The van der Waals surface area contributed by atoms with Gasteiger partial charge >= 0.3 is 5.97 Å². The van der Waals surface area contributed by atoms with Crippen molar-refractivity contribution in [2.75, 3.05) is 19.8 Å². The van der Waals surface area contributed by atoms with Gasteiger partial charge in [-0.15, -0.1) is 0 Å². The van der Waals surface area contributed by atoms with Crippen molar-refractivity contribution in [3.63, 3.8) is 0 Å². The van der Waals surface area contributed by atoms with Crippen LogP contribution in [0.15, 0.2) is 12.1 Å². The van der Waals surface area contributed by atoms with Crippen LogP contribution in [0.2, 0.25) is 0 Å². The van der Waals surface area contributed by atoms with Crippen LogP contribution in [0.5, 0.6) is 17.2 Å². The first-order valence-electron chi connectivity index (χ1n) is 8.52. The molecule has 0 radical (unpaired) electrons. The molecule has 3 N–H and O–H groups in total. The number of rotatable bonds is 11. The molecule has 0 aliphatic rings. The molecule has 2 atom stereocenters. The van der Waals surface area contributed by atoms with Gasteiger partial charge in [0.05, 0.1) is 19.8 Å². The van der Waals surface area contributed by atoms with Crippen LogP contribution >= 0.6 is 0 Å². The molecule has 0 fully saturated rings. The predicted molar refractivity (Wildman–Crippen MR) is 93.2 cm³/mol. The molecule has 1 aromatic rings. The van der Waals surface area contributed by atoms with E-state index in [0.717, 1.165) is 12.0 Å². The van der Waals surface area contributed by atoms with E-state index in [9.17, 15) is 4.79 Å². The Morgan fingerprint density at radius 3 is 1.92 bits per heavy atom. The van der Waals surface area contributed by atoms with Crippen molar-refractivity contribution in [3.8, 4) is 17.2 Å². The van der Waals surface area contributed by atoms with E-state index in [-0.39, 0.29) is 5.92 Å². The smallest absolute Gasteiger partial charge is 0.320 e. The fraction of sp³-hybridized carbons (Fsp3) is 0.611. The lowest BCUT2D eigenvalue weighted by Crippen LogP contribution is -2.32. The zero-order valence-electron chi connectivity index (χ0n) is 15.0. The molecule has 0 aromatic heterocycles. The molecule has 0 saturated heterocycles. The second-order valence-corrected chi connectivity index (χ2v) is 5.42. The molecule has 0 spiro atoms. The lowest BCUT2D eigenvalue weighted by atomic mass is 9.88. The second kappa shape index (κ2) is 10.0. The first-order chi connectivity index (χ1) is 11.5. The summed E-state index contributed by atoms with van der Waals surface area (Å²) in [7, 11) is 0. The van der Waals surface area contributed by atoms with Gasteiger partial charge in [0.15, 0.2) is 0 Å². The Kier molecular flexibility index (Phi) is 8.40. The van der Waals surface area contributed by atoms with Crippen LogP contribution in [0, 0.1) is 0 Å². The van der Waals surface area contributed by atoms with Crippen molar-refractivity contribution in [1.82, 2.24) is 0 Å². The Labute approximate surface area is 143 Å². The lowest BCUT2D eigenvalue weighted by Gasteiger charge is -2.24. The van der Waals surface area contributed by atoms with Crippen LogP contribution in [-0.2, 0) is 4.79 Å². The second-order valence-electron chi connectivity index (χ2n) is 5.42. The summed E-state index contributed by atoms with van der Waals surface area (Å²) in [5, 5.41) is 9.13. The summed E-state index contributed by atoms with van der Waals surface area (Å²) in [6, 6.07) is 2.74. The van der Waals surface area contributed by atoms with Crippen LogP contribution < -0.4 is 19.9 Å². The van der Waals surface area contributed by atoms with Gasteiger partial charge in [-0.1, -0.05) is 6.92 Å². The summed E-state index contributed by atoms with van der Waals surface area (Å²) >= 11 is 0. The highest BCUT2D eigenvalue weighted by atomic mass is 16.5. The van der Waals surface area contributed by atoms with E-state index in [1.54, 1.807) is 0 Å². The Hall–Kier alpha value is -1.95. The van der Waals surface area contributed by atoms with Gasteiger partial charge < -0.3 is 25.1 Å². The van der Waals surface area contributed by atoms with Gasteiger partial charge in [0.25, 0.3) is 0 Å². The third-order valence-corrected chi connectivity index (χ3v) is 3.75. The van der Waals surface area contributed by atoms with E-state index >= 15 is 0 Å². The molecule has 0 aliphatic carbocycles. The molecule has 6 nitrogen and oxygen atoms in total. The van der Waals surface area contributed by atoms with Crippen LogP contribution in [0.3, 0.4) is 0 Å². The first kappa shape index (κ1) is 20.1. The van der Waals surface area contributed by atoms with Gasteiger partial charge in [0, 0.05) is 17.7 Å². The van der Waals surface area contributed by atoms with Gasteiger partial charge in [0.1, 0.15) is 23.3 Å². The number of carboxylic acid groups (broad SMARTS) is 1. The minimum Gasteiger partial charge on any atom is -0.494 e. The van der Waals surface area contributed by atoms with Crippen molar-refractivity contribution in [2.24, 2.45) is 5.73 Å². The maximum absolute atomic E-state index is 11.1. The molecule has 1 aromatic carbocycles. The molecule has 136 valence electrons. The quantitative estimate of drug-likeness (QED) is 0.643. The maximum atomic E-state index is 11.1. The zero-order valence-corrected chi connectivity index (χ0v) is 15.0. The molecular formula is C18H29NO5. The molecule has 0 aliphatic heterocycles. The summed E-state index contributed by atoms with van der Waals surface area (Å²) < 4.78 is 17.2. The van der Waals surface area contributed by atoms with Crippen LogP contribution in [0.4, 0.5) is 0 Å². The third kappa shape index (κ3) is 5.30. The maximum Gasteiger partial charge on any atom is 0.320 e. The Bertz CT molecular complexity index is 505. The summed E-state index contributed by atoms with van der Waals surface area (Å²) in [6.45, 7) is 9.25. The molecule has 24 heavy (non-hydrogen) atoms. The monoisotopic (exact) mass is 339 g/mol. The third-order valence-electron chi connectivity index (χ3n) is 3.75. The number of aliphatic carboxylic acids is 1. The molecule has 0 amide bonds. The Morgan fingerprint density at radius 1 is 1.04 bits per heavy atom. The van der Waals surface area contributed by atoms with Crippen molar-refractivity contribution >= 4 is 5.97 Å². The minimum atomic E-state index is -1.00. The largest absolute Gasteiger partial charge is 0.494 e. The fourth-order valence-corrected chi connectivity index (χ4v) is 2.68. The van der Waals surface area contributed by atoms with E-state index in [1.807, 2.05) is 39.8 Å². The summed E-state index contributed by atoms with van der Waals surface area (Å²) in [6.07, 6.45) is 1.05. The van der Waals surface area contributed by atoms with Crippen molar-refractivity contribution in [2.45, 2.75) is 52.5 Å². The molecule has 6 heteroatoms.